The van der Waals surface area contributed by atoms with E-state index < -0.39 is 0 Å². The van der Waals surface area contributed by atoms with Gasteiger partial charge in [0.1, 0.15) is 0 Å². The fourth-order valence-corrected chi connectivity index (χ4v) is 2.64. The van der Waals surface area contributed by atoms with E-state index in [2.05, 4.69) is 67.4 Å². The molecule has 2 atom stereocenters. The number of piperazine rings is 1. The number of hydrogen-bond donors (Lipinski definition) is 1. The van der Waals surface area contributed by atoms with Gasteiger partial charge in [-0.05, 0) is 32.8 Å². The zero-order chi connectivity index (χ0) is 13.7. The highest BCUT2D eigenvalue weighted by Crippen LogP contribution is 2.13. The van der Waals surface area contributed by atoms with Gasteiger partial charge in [0.2, 0.25) is 0 Å². The van der Waals surface area contributed by atoms with Crippen molar-refractivity contribution in [2.45, 2.75) is 39.3 Å². The highest BCUT2D eigenvalue weighted by molar-refractivity contribution is 5.16. The van der Waals surface area contributed by atoms with Crippen LogP contribution in [0.2, 0.25) is 0 Å². The minimum absolute atomic E-state index is 0.595. The Balaban J connectivity index is 2.01. The van der Waals surface area contributed by atoms with Crippen LogP contribution < -0.4 is 5.32 Å². The maximum Gasteiger partial charge on any atom is 0.0265 e. The Bertz CT molecular complexity index is 407. The van der Waals surface area contributed by atoms with Crippen LogP contribution in [0, 0.1) is 0 Å². The van der Waals surface area contributed by atoms with Gasteiger partial charge in [-0.15, -0.1) is 0 Å². The van der Waals surface area contributed by atoms with Gasteiger partial charge < -0.3 is 5.32 Å². The summed E-state index contributed by atoms with van der Waals surface area (Å²) in [6.45, 7) is 9.93. The molecule has 1 N–H and O–H groups in total. The van der Waals surface area contributed by atoms with Crippen LogP contribution in [0.4, 0.5) is 0 Å². The van der Waals surface area contributed by atoms with Gasteiger partial charge in [0.15, 0.2) is 0 Å². The van der Waals surface area contributed by atoms with Crippen molar-refractivity contribution in [3.8, 4) is 0 Å². The molecule has 0 aliphatic carbocycles. The molecule has 1 aliphatic heterocycles. The lowest BCUT2D eigenvalue weighted by Gasteiger charge is -2.39. The van der Waals surface area contributed by atoms with E-state index in [1.54, 1.807) is 0 Å². The zero-order valence-corrected chi connectivity index (χ0v) is 12.4. The first-order valence-electron chi connectivity index (χ1n) is 7.30. The van der Waals surface area contributed by atoms with E-state index in [0.29, 0.717) is 12.1 Å². The number of rotatable bonds is 4. The molecule has 2 unspecified atom stereocenters. The van der Waals surface area contributed by atoms with Crippen LogP contribution in [0.5, 0.6) is 0 Å². The third-order valence-corrected chi connectivity index (χ3v) is 3.77. The molecule has 1 saturated heterocycles. The number of nitrogens with one attached hydrogen (secondary N) is 1. The van der Waals surface area contributed by atoms with Gasteiger partial charge in [-0.25, -0.2) is 0 Å². The first kappa shape index (κ1) is 14.3. The molecule has 1 fully saturated rings. The number of allylic oxidation sites excluding steroid dienone is 1. The van der Waals surface area contributed by atoms with E-state index in [1.807, 2.05) is 0 Å². The van der Waals surface area contributed by atoms with Gasteiger partial charge in [0.25, 0.3) is 0 Å². The molecule has 0 radical (unpaired) electrons. The summed E-state index contributed by atoms with van der Waals surface area (Å²) in [6.07, 6.45) is 3.48. The minimum atomic E-state index is 0.595. The highest BCUT2D eigenvalue weighted by Gasteiger charge is 2.24. The van der Waals surface area contributed by atoms with E-state index in [4.69, 9.17) is 0 Å². The summed E-state index contributed by atoms with van der Waals surface area (Å²) in [5.74, 6) is 0. The van der Waals surface area contributed by atoms with Crippen molar-refractivity contribution in [3.05, 3.63) is 47.5 Å². The third kappa shape index (κ3) is 4.48. The van der Waals surface area contributed by atoms with Gasteiger partial charge in [0.05, 0.1) is 0 Å². The second-order valence-electron chi connectivity index (χ2n) is 5.89. The van der Waals surface area contributed by atoms with Crippen LogP contribution in [0.25, 0.3) is 0 Å². The highest BCUT2D eigenvalue weighted by atomic mass is 15.2. The Morgan fingerprint density at radius 3 is 2.74 bits per heavy atom. The predicted octanol–water partition coefficient (Wildman–Crippen LogP) is 2.86. The summed E-state index contributed by atoms with van der Waals surface area (Å²) >= 11 is 0. The van der Waals surface area contributed by atoms with Crippen molar-refractivity contribution in [2.24, 2.45) is 0 Å². The van der Waals surface area contributed by atoms with Crippen molar-refractivity contribution in [2.75, 3.05) is 19.6 Å². The Morgan fingerprint density at radius 2 is 2.05 bits per heavy atom. The molecular weight excluding hydrogens is 232 g/mol. The Morgan fingerprint density at radius 1 is 1.32 bits per heavy atom. The lowest BCUT2D eigenvalue weighted by molar-refractivity contribution is 0.150. The molecule has 2 nitrogen and oxygen atoms in total. The smallest absolute Gasteiger partial charge is 0.0265 e. The van der Waals surface area contributed by atoms with Crippen LogP contribution in [-0.4, -0.2) is 36.6 Å². The van der Waals surface area contributed by atoms with Gasteiger partial charge in [-0.2, -0.15) is 0 Å². The second-order valence-corrected chi connectivity index (χ2v) is 5.89. The molecular formula is C17H26N2. The first-order chi connectivity index (χ1) is 9.15. The molecule has 1 heterocycles. The molecule has 2 rings (SSSR count). The molecule has 0 amide bonds. The van der Waals surface area contributed by atoms with Crippen LogP contribution >= 0.6 is 0 Å². The Hall–Kier alpha value is -1.12. The van der Waals surface area contributed by atoms with Crippen LogP contribution in [-0.2, 0) is 6.42 Å². The van der Waals surface area contributed by atoms with E-state index in [9.17, 15) is 0 Å². The third-order valence-electron chi connectivity index (χ3n) is 3.77. The summed E-state index contributed by atoms with van der Waals surface area (Å²) in [5, 5.41) is 3.61. The standard InChI is InChI=1S/C17H26N2/c1-14(2)9-10-19-13-15(3)18-12-17(19)11-16-7-5-4-6-8-16/h4-9,15,17-18H,10-13H2,1-3H3. The monoisotopic (exact) mass is 258 g/mol. The molecule has 104 valence electrons. The Labute approximate surface area is 117 Å². The Kier molecular flexibility index (Phi) is 5.17. The lowest BCUT2D eigenvalue weighted by Crippen LogP contribution is -2.56. The largest absolute Gasteiger partial charge is 0.311 e. The van der Waals surface area contributed by atoms with Gasteiger partial charge in [-0.1, -0.05) is 42.0 Å². The average molecular weight is 258 g/mol. The normalized spacial score (nSPS) is 24.2. The van der Waals surface area contributed by atoms with E-state index in [0.717, 1.165) is 26.1 Å². The average Bonchev–Trinajstić information content (AvgIpc) is 2.40. The van der Waals surface area contributed by atoms with E-state index in [-0.39, 0.29) is 0 Å². The summed E-state index contributed by atoms with van der Waals surface area (Å²) in [5.41, 5.74) is 2.84. The van der Waals surface area contributed by atoms with Crippen LogP contribution in [0.1, 0.15) is 26.3 Å². The molecule has 0 spiro atoms. The molecule has 19 heavy (non-hydrogen) atoms. The van der Waals surface area contributed by atoms with Gasteiger partial charge >= 0.3 is 0 Å². The fourth-order valence-electron chi connectivity index (χ4n) is 2.64. The quantitative estimate of drug-likeness (QED) is 0.836. The molecule has 0 aromatic heterocycles. The zero-order valence-electron chi connectivity index (χ0n) is 12.4. The van der Waals surface area contributed by atoms with E-state index in [1.165, 1.54) is 11.1 Å². The number of benzene rings is 1. The molecule has 2 heteroatoms. The molecule has 0 saturated carbocycles. The van der Waals surface area contributed by atoms with Crippen molar-refractivity contribution in [3.63, 3.8) is 0 Å². The van der Waals surface area contributed by atoms with E-state index >= 15 is 0 Å². The van der Waals surface area contributed by atoms with Crippen molar-refractivity contribution < 1.29 is 0 Å². The molecule has 1 aromatic rings. The summed E-state index contributed by atoms with van der Waals surface area (Å²) in [4.78, 5) is 2.61. The summed E-state index contributed by atoms with van der Waals surface area (Å²) in [7, 11) is 0. The minimum Gasteiger partial charge on any atom is -0.311 e. The van der Waals surface area contributed by atoms with Gasteiger partial charge in [0, 0.05) is 31.7 Å². The van der Waals surface area contributed by atoms with Crippen molar-refractivity contribution >= 4 is 0 Å². The SMILES string of the molecule is CC(C)=CCN1CC(C)NCC1Cc1ccccc1. The maximum absolute atomic E-state index is 3.61. The second kappa shape index (κ2) is 6.88. The number of hydrogen-bond acceptors (Lipinski definition) is 2. The van der Waals surface area contributed by atoms with Gasteiger partial charge in [-0.3, -0.25) is 4.90 Å². The summed E-state index contributed by atoms with van der Waals surface area (Å²) in [6, 6.07) is 12.0. The van der Waals surface area contributed by atoms with Crippen LogP contribution in [0.3, 0.4) is 0 Å². The number of nitrogens with zero attached hydrogens (tertiary/aromatic N) is 1. The molecule has 1 aromatic carbocycles. The first-order valence-corrected chi connectivity index (χ1v) is 7.30. The van der Waals surface area contributed by atoms with Crippen molar-refractivity contribution in [1.82, 2.24) is 10.2 Å². The van der Waals surface area contributed by atoms with Crippen molar-refractivity contribution in [1.29, 1.82) is 0 Å². The molecule has 1 aliphatic rings. The predicted molar refractivity (Wildman–Crippen MR) is 82.4 cm³/mol. The summed E-state index contributed by atoms with van der Waals surface area (Å²) < 4.78 is 0. The lowest BCUT2D eigenvalue weighted by atomic mass is 10.0. The fraction of sp³-hybridized carbons (Fsp3) is 0.529. The maximum atomic E-state index is 3.61. The topological polar surface area (TPSA) is 15.3 Å². The van der Waals surface area contributed by atoms with Crippen LogP contribution in [0.15, 0.2) is 42.0 Å². The molecule has 0 bridgehead atoms.